The second-order valence-electron chi connectivity index (χ2n) is 3.10. The summed E-state index contributed by atoms with van der Waals surface area (Å²) in [5, 5.41) is 0. The lowest BCUT2D eigenvalue weighted by molar-refractivity contribution is 1.54. The van der Waals surface area contributed by atoms with Gasteiger partial charge in [0.05, 0.1) is 0 Å². The summed E-state index contributed by atoms with van der Waals surface area (Å²) in [5.41, 5.74) is 2.38. The van der Waals surface area contributed by atoms with Crippen LogP contribution in [0.2, 0.25) is 0 Å². The molecule has 2 aromatic rings. The predicted molar refractivity (Wildman–Crippen MR) is 75.0 cm³/mol. The van der Waals surface area contributed by atoms with E-state index in [4.69, 9.17) is 0 Å². The van der Waals surface area contributed by atoms with Gasteiger partial charge in [-0.05, 0) is 29.8 Å². The molecule has 0 nitrogen and oxygen atoms in total. The van der Waals surface area contributed by atoms with Crippen molar-refractivity contribution >= 4 is 47.8 Å². The first-order valence-electron chi connectivity index (χ1n) is 4.38. The number of hydrogen-bond donors (Lipinski definition) is 0. The molecule has 0 N–H and O–H groups in total. The van der Waals surface area contributed by atoms with Crippen LogP contribution in [0.4, 0.5) is 0 Å². The molecule has 0 spiro atoms. The summed E-state index contributed by atoms with van der Waals surface area (Å²) in [4.78, 5) is 0. The summed E-state index contributed by atoms with van der Waals surface area (Å²) in [6.07, 6.45) is 0. The van der Waals surface area contributed by atoms with Gasteiger partial charge >= 0.3 is 0 Å². The highest BCUT2D eigenvalue weighted by Crippen LogP contribution is 2.35. The fourth-order valence-corrected chi connectivity index (χ4v) is 3.11. The van der Waals surface area contributed by atoms with Gasteiger partial charge in [0.25, 0.3) is 0 Å². The minimum absolute atomic E-state index is 1.09. The normalized spacial score (nSPS) is 10.3. The molecule has 0 aliphatic carbocycles. The van der Waals surface area contributed by atoms with E-state index < -0.39 is 0 Å². The van der Waals surface area contributed by atoms with Gasteiger partial charge in [-0.1, -0.05) is 66.0 Å². The molecule has 0 bridgehead atoms. The summed E-state index contributed by atoms with van der Waals surface area (Å²) in [7, 11) is 0. The van der Waals surface area contributed by atoms with Gasteiger partial charge < -0.3 is 0 Å². The van der Waals surface area contributed by atoms with Crippen LogP contribution in [0.5, 0.6) is 0 Å². The van der Waals surface area contributed by atoms with Crippen molar-refractivity contribution < 1.29 is 0 Å². The maximum atomic E-state index is 3.56. The van der Waals surface area contributed by atoms with Gasteiger partial charge in [0.15, 0.2) is 0 Å². The van der Waals surface area contributed by atoms with Crippen LogP contribution in [-0.4, -0.2) is 0 Å². The molecule has 0 fully saturated rings. The fourth-order valence-electron chi connectivity index (χ4n) is 1.39. The Kier molecular flexibility index (Phi) is 3.65. The molecule has 2 aromatic carbocycles. The summed E-state index contributed by atoms with van der Waals surface area (Å²) in [5.74, 6) is 0. The Balaban J connectivity index is 2.58. The number of hydrogen-bond acceptors (Lipinski definition) is 0. The van der Waals surface area contributed by atoms with Gasteiger partial charge in [-0.2, -0.15) is 0 Å². The SMILES string of the molecule is Brc1ccc(-c2c(Br)cccc2Br)cc1. The maximum absolute atomic E-state index is 3.56. The molecular weight excluding hydrogens is 384 g/mol. The Hall–Kier alpha value is -0.120. The summed E-state index contributed by atoms with van der Waals surface area (Å²) < 4.78 is 3.29. The Morgan fingerprint density at radius 3 is 1.73 bits per heavy atom. The number of halogens is 3. The average molecular weight is 391 g/mol. The molecule has 0 amide bonds. The van der Waals surface area contributed by atoms with Gasteiger partial charge in [0, 0.05) is 19.0 Å². The smallest absolute Gasteiger partial charge is 0.0265 e. The molecule has 76 valence electrons. The zero-order valence-electron chi connectivity index (χ0n) is 7.68. The van der Waals surface area contributed by atoms with Crippen molar-refractivity contribution in [2.24, 2.45) is 0 Å². The standard InChI is InChI=1S/C12H7Br3/c13-9-6-4-8(5-7-9)12-10(14)2-1-3-11(12)15/h1-7H. The van der Waals surface area contributed by atoms with Crippen molar-refractivity contribution in [3.63, 3.8) is 0 Å². The lowest BCUT2D eigenvalue weighted by Gasteiger charge is -2.07. The van der Waals surface area contributed by atoms with E-state index in [2.05, 4.69) is 59.9 Å². The molecule has 0 heterocycles. The van der Waals surface area contributed by atoms with Crippen molar-refractivity contribution in [1.82, 2.24) is 0 Å². The summed E-state index contributed by atoms with van der Waals surface area (Å²) in [6.45, 7) is 0. The Labute approximate surface area is 114 Å². The Morgan fingerprint density at radius 2 is 1.20 bits per heavy atom. The van der Waals surface area contributed by atoms with E-state index in [-0.39, 0.29) is 0 Å². The number of rotatable bonds is 1. The zero-order valence-corrected chi connectivity index (χ0v) is 12.4. The van der Waals surface area contributed by atoms with Gasteiger partial charge in [-0.3, -0.25) is 0 Å². The van der Waals surface area contributed by atoms with Crippen LogP contribution in [0.15, 0.2) is 55.9 Å². The van der Waals surface area contributed by atoms with Gasteiger partial charge in [0.2, 0.25) is 0 Å². The van der Waals surface area contributed by atoms with Gasteiger partial charge in [0.1, 0.15) is 0 Å². The van der Waals surface area contributed by atoms with E-state index in [1.807, 2.05) is 30.3 Å². The molecule has 0 aliphatic rings. The topological polar surface area (TPSA) is 0 Å². The highest BCUT2D eigenvalue weighted by Gasteiger charge is 2.06. The first kappa shape index (κ1) is 11.4. The Bertz CT molecular complexity index is 454. The zero-order chi connectivity index (χ0) is 10.8. The third-order valence-corrected chi connectivity index (χ3v) is 3.95. The highest BCUT2D eigenvalue weighted by atomic mass is 79.9. The van der Waals surface area contributed by atoms with Crippen LogP contribution in [0.25, 0.3) is 11.1 Å². The molecule has 0 saturated heterocycles. The first-order valence-corrected chi connectivity index (χ1v) is 6.76. The lowest BCUT2D eigenvalue weighted by Crippen LogP contribution is -1.81. The minimum Gasteiger partial charge on any atom is -0.0600 e. The molecule has 0 aliphatic heterocycles. The van der Waals surface area contributed by atoms with E-state index in [0.717, 1.165) is 13.4 Å². The molecule has 2 rings (SSSR count). The third-order valence-electron chi connectivity index (χ3n) is 2.10. The molecule has 15 heavy (non-hydrogen) atoms. The van der Waals surface area contributed by atoms with E-state index >= 15 is 0 Å². The van der Waals surface area contributed by atoms with Crippen molar-refractivity contribution in [3.05, 3.63) is 55.9 Å². The molecule has 3 heteroatoms. The van der Waals surface area contributed by atoms with E-state index in [0.29, 0.717) is 0 Å². The second kappa shape index (κ2) is 4.81. The minimum atomic E-state index is 1.09. The fraction of sp³-hybridized carbons (Fsp3) is 0. The van der Waals surface area contributed by atoms with Crippen molar-refractivity contribution in [3.8, 4) is 11.1 Å². The van der Waals surface area contributed by atoms with Crippen LogP contribution in [0, 0.1) is 0 Å². The monoisotopic (exact) mass is 388 g/mol. The van der Waals surface area contributed by atoms with Gasteiger partial charge in [-0.15, -0.1) is 0 Å². The second-order valence-corrected chi connectivity index (χ2v) is 5.73. The van der Waals surface area contributed by atoms with Crippen LogP contribution in [0.1, 0.15) is 0 Å². The number of benzene rings is 2. The third kappa shape index (κ3) is 2.52. The van der Waals surface area contributed by atoms with Crippen molar-refractivity contribution in [1.29, 1.82) is 0 Å². The van der Waals surface area contributed by atoms with Crippen LogP contribution in [0.3, 0.4) is 0 Å². The van der Waals surface area contributed by atoms with E-state index in [1.165, 1.54) is 11.1 Å². The van der Waals surface area contributed by atoms with Crippen molar-refractivity contribution in [2.75, 3.05) is 0 Å². The molecule has 0 unspecified atom stereocenters. The molecule has 0 saturated carbocycles. The highest BCUT2D eigenvalue weighted by molar-refractivity contribution is 9.11. The summed E-state index contributed by atoms with van der Waals surface area (Å²) >= 11 is 10.6. The van der Waals surface area contributed by atoms with Crippen LogP contribution in [-0.2, 0) is 0 Å². The quantitative estimate of drug-likeness (QED) is 0.591. The molecule has 0 atom stereocenters. The lowest BCUT2D eigenvalue weighted by atomic mass is 10.1. The van der Waals surface area contributed by atoms with Crippen LogP contribution < -0.4 is 0 Å². The summed E-state index contributed by atoms with van der Waals surface area (Å²) in [6, 6.07) is 14.4. The molecule has 0 radical (unpaired) electrons. The van der Waals surface area contributed by atoms with E-state index in [9.17, 15) is 0 Å². The molecule has 0 aromatic heterocycles. The largest absolute Gasteiger partial charge is 0.0600 e. The van der Waals surface area contributed by atoms with Crippen LogP contribution >= 0.6 is 47.8 Å². The first-order chi connectivity index (χ1) is 7.18. The predicted octanol–water partition coefficient (Wildman–Crippen LogP) is 5.64. The van der Waals surface area contributed by atoms with Gasteiger partial charge in [-0.25, -0.2) is 0 Å². The Morgan fingerprint density at radius 1 is 0.667 bits per heavy atom. The van der Waals surface area contributed by atoms with E-state index in [1.54, 1.807) is 0 Å². The van der Waals surface area contributed by atoms with Crippen molar-refractivity contribution in [2.45, 2.75) is 0 Å². The molecular formula is C12H7Br3. The average Bonchev–Trinajstić information content (AvgIpc) is 2.20. The maximum Gasteiger partial charge on any atom is 0.0265 e.